The monoisotopic (exact) mass is 233 g/mol. The summed E-state index contributed by atoms with van der Waals surface area (Å²) in [5.74, 6) is 0. The standard InChI is InChI=1S/C9H11BF3NO2/c1-8(2,9(11,12)13)7-5-6(10(15)16)3-4-14-7/h3-5,15-16H,1-2H3. The highest BCUT2D eigenvalue weighted by Gasteiger charge is 2.49. The molecule has 0 spiro atoms. The average Bonchev–Trinajstić information content (AvgIpc) is 2.16. The van der Waals surface area contributed by atoms with Crippen molar-refractivity contribution in [3.63, 3.8) is 0 Å². The molecule has 2 N–H and O–H groups in total. The lowest BCUT2D eigenvalue weighted by molar-refractivity contribution is -0.181. The van der Waals surface area contributed by atoms with Gasteiger partial charge in [-0.05, 0) is 31.4 Å². The Kier molecular flexibility index (Phi) is 3.30. The van der Waals surface area contributed by atoms with Crippen molar-refractivity contribution in [3.8, 4) is 0 Å². The van der Waals surface area contributed by atoms with Crippen LogP contribution in [-0.4, -0.2) is 28.3 Å². The van der Waals surface area contributed by atoms with Crippen molar-refractivity contribution < 1.29 is 23.2 Å². The van der Waals surface area contributed by atoms with Crippen LogP contribution in [0.4, 0.5) is 13.2 Å². The van der Waals surface area contributed by atoms with Crippen molar-refractivity contribution in [1.29, 1.82) is 0 Å². The quantitative estimate of drug-likeness (QED) is 0.735. The fourth-order valence-electron chi connectivity index (χ4n) is 1.09. The van der Waals surface area contributed by atoms with E-state index in [1.54, 1.807) is 0 Å². The van der Waals surface area contributed by atoms with Gasteiger partial charge in [0.2, 0.25) is 0 Å². The van der Waals surface area contributed by atoms with Crippen LogP contribution in [0.25, 0.3) is 0 Å². The zero-order chi connectivity index (χ0) is 12.6. The number of alkyl halides is 3. The number of nitrogens with zero attached hydrogens (tertiary/aromatic N) is 1. The molecule has 0 aliphatic rings. The third kappa shape index (κ3) is 2.36. The predicted molar refractivity (Wildman–Crippen MR) is 53.1 cm³/mol. The van der Waals surface area contributed by atoms with Crippen LogP contribution in [-0.2, 0) is 5.41 Å². The Morgan fingerprint density at radius 2 is 1.81 bits per heavy atom. The fourth-order valence-corrected chi connectivity index (χ4v) is 1.09. The molecular weight excluding hydrogens is 222 g/mol. The first-order valence-electron chi connectivity index (χ1n) is 4.55. The number of pyridine rings is 1. The Morgan fingerprint density at radius 3 is 2.25 bits per heavy atom. The van der Waals surface area contributed by atoms with Gasteiger partial charge < -0.3 is 10.0 Å². The molecule has 16 heavy (non-hydrogen) atoms. The van der Waals surface area contributed by atoms with Crippen LogP contribution in [0.1, 0.15) is 19.5 Å². The van der Waals surface area contributed by atoms with Gasteiger partial charge in [-0.1, -0.05) is 0 Å². The summed E-state index contributed by atoms with van der Waals surface area (Å²) in [6.07, 6.45) is -3.32. The van der Waals surface area contributed by atoms with E-state index < -0.39 is 18.7 Å². The first-order valence-corrected chi connectivity index (χ1v) is 4.55. The van der Waals surface area contributed by atoms with Gasteiger partial charge in [-0.3, -0.25) is 4.98 Å². The molecular formula is C9H11BF3NO2. The van der Waals surface area contributed by atoms with Gasteiger partial charge >= 0.3 is 13.3 Å². The zero-order valence-corrected chi connectivity index (χ0v) is 8.78. The summed E-state index contributed by atoms with van der Waals surface area (Å²) in [7, 11) is -1.80. The van der Waals surface area contributed by atoms with Gasteiger partial charge in [-0.15, -0.1) is 0 Å². The maximum atomic E-state index is 12.7. The molecule has 0 aliphatic heterocycles. The van der Waals surface area contributed by atoms with Crippen LogP contribution < -0.4 is 5.46 Å². The van der Waals surface area contributed by atoms with E-state index in [-0.39, 0.29) is 11.2 Å². The lowest BCUT2D eigenvalue weighted by atomic mass is 9.78. The molecule has 0 unspecified atom stereocenters. The maximum Gasteiger partial charge on any atom is 0.488 e. The second kappa shape index (κ2) is 4.06. The predicted octanol–water partition coefficient (Wildman–Crippen LogP) is 0.601. The van der Waals surface area contributed by atoms with Crippen molar-refractivity contribution in [3.05, 3.63) is 24.0 Å². The molecule has 0 atom stereocenters. The Bertz CT molecular complexity index is 379. The molecule has 7 heteroatoms. The Balaban J connectivity index is 3.19. The molecule has 0 bridgehead atoms. The number of rotatable bonds is 2. The Labute approximate surface area is 91.1 Å². The van der Waals surface area contributed by atoms with Gasteiger partial charge in [0.25, 0.3) is 0 Å². The minimum absolute atomic E-state index is 0.0117. The fraction of sp³-hybridized carbons (Fsp3) is 0.444. The summed E-state index contributed by atoms with van der Waals surface area (Å²) in [6, 6.07) is 2.29. The topological polar surface area (TPSA) is 53.4 Å². The molecule has 3 nitrogen and oxygen atoms in total. The lowest BCUT2D eigenvalue weighted by Gasteiger charge is -2.27. The van der Waals surface area contributed by atoms with Crippen LogP contribution in [0.5, 0.6) is 0 Å². The molecule has 88 valence electrons. The molecule has 0 fully saturated rings. The highest BCUT2D eigenvalue weighted by Crippen LogP contribution is 2.38. The van der Waals surface area contributed by atoms with E-state index >= 15 is 0 Å². The third-order valence-corrected chi connectivity index (χ3v) is 2.43. The van der Waals surface area contributed by atoms with E-state index in [2.05, 4.69) is 4.98 Å². The van der Waals surface area contributed by atoms with Crippen molar-refractivity contribution in [2.24, 2.45) is 0 Å². The van der Waals surface area contributed by atoms with Crippen LogP contribution in [0.15, 0.2) is 18.3 Å². The molecule has 0 aliphatic carbocycles. The maximum absolute atomic E-state index is 12.7. The van der Waals surface area contributed by atoms with Crippen molar-refractivity contribution in [2.75, 3.05) is 0 Å². The molecule has 0 aromatic carbocycles. The smallest absolute Gasteiger partial charge is 0.423 e. The van der Waals surface area contributed by atoms with Crippen LogP contribution in [0.2, 0.25) is 0 Å². The van der Waals surface area contributed by atoms with Crippen molar-refractivity contribution in [1.82, 2.24) is 4.98 Å². The van der Waals surface area contributed by atoms with E-state index in [0.29, 0.717) is 0 Å². The number of halogens is 3. The minimum atomic E-state index is -4.45. The lowest BCUT2D eigenvalue weighted by Crippen LogP contribution is -2.39. The van der Waals surface area contributed by atoms with E-state index in [4.69, 9.17) is 10.0 Å². The summed E-state index contributed by atoms with van der Waals surface area (Å²) in [5.41, 5.74) is -2.38. The Morgan fingerprint density at radius 1 is 1.25 bits per heavy atom. The molecule has 0 radical (unpaired) electrons. The first-order chi connectivity index (χ1) is 7.16. The van der Waals surface area contributed by atoms with Gasteiger partial charge in [0.15, 0.2) is 0 Å². The van der Waals surface area contributed by atoms with Gasteiger partial charge in [-0.2, -0.15) is 13.2 Å². The summed E-state index contributed by atoms with van der Waals surface area (Å²) in [4.78, 5) is 3.62. The molecule has 0 saturated carbocycles. The minimum Gasteiger partial charge on any atom is -0.423 e. The Hall–Kier alpha value is -1.08. The molecule has 0 saturated heterocycles. The average molecular weight is 233 g/mol. The number of aromatic nitrogens is 1. The van der Waals surface area contributed by atoms with Crippen LogP contribution >= 0.6 is 0 Å². The number of hydrogen-bond acceptors (Lipinski definition) is 3. The largest absolute Gasteiger partial charge is 0.488 e. The van der Waals surface area contributed by atoms with Gasteiger partial charge in [0.05, 0.1) is 5.69 Å². The second-order valence-electron chi connectivity index (χ2n) is 3.97. The molecule has 1 aromatic rings. The van der Waals surface area contributed by atoms with Gasteiger partial charge in [0.1, 0.15) is 5.41 Å². The SMILES string of the molecule is CC(C)(c1cc(B(O)O)ccn1)C(F)(F)F. The summed E-state index contributed by atoms with van der Waals surface area (Å²) < 4.78 is 38.1. The molecule has 1 rings (SSSR count). The molecule has 0 amide bonds. The zero-order valence-electron chi connectivity index (χ0n) is 8.78. The highest BCUT2D eigenvalue weighted by atomic mass is 19.4. The van der Waals surface area contributed by atoms with E-state index in [0.717, 1.165) is 26.1 Å². The first kappa shape index (κ1) is 13.0. The number of hydrogen-bond donors (Lipinski definition) is 2. The highest BCUT2D eigenvalue weighted by molar-refractivity contribution is 6.58. The molecule has 1 aromatic heterocycles. The molecule has 1 heterocycles. The van der Waals surface area contributed by atoms with E-state index in [9.17, 15) is 13.2 Å². The normalized spacial score (nSPS) is 12.7. The van der Waals surface area contributed by atoms with E-state index in [1.165, 1.54) is 6.07 Å². The third-order valence-electron chi connectivity index (χ3n) is 2.43. The van der Waals surface area contributed by atoms with E-state index in [1.807, 2.05) is 0 Å². The van der Waals surface area contributed by atoms with Crippen LogP contribution in [0, 0.1) is 0 Å². The van der Waals surface area contributed by atoms with Gasteiger partial charge in [0, 0.05) is 6.20 Å². The summed E-state index contributed by atoms with van der Waals surface area (Å²) >= 11 is 0. The van der Waals surface area contributed by atoms with Crippen LogP contribution in [0.3, 0.4) is 0 Å². The second-order valence-corrected chi connectivity index (χ2v) is 3.97. The summed E-state index contributed by atoms with van der Waals surface area (Å²) in [6.45, 7) is 1.98. The van der Waals surface area contributed by atoms with Gasteiger partial charge in [-0.25, -0.2) is 0 Å². The van der Waals surface area contributed by atoms with Crippen molar-refractivity contribution >= 4 is 12.6 Å². The summed E-state index contributed by atoms with van der Waals surface area (Å²) in [5, 5.41) is 17.7. The van der Waals surface area contributed by atoms with Crippen molar-refractivity contribution in [2.45, 2.75) is 25.4 Å².